The van der Waals surface area contributed by atoms with E-state index in [0.29, 0.717) is 12.3 Å². The molecule has 0 aromatic heterocycles. The molecule has 0 saturated carbocycles. The molecule has 74 valence electrons. The number of carbonyl (C=O) groups excluding carboxylic acids is 1. The Morgan fingerprint density at radius 1 is 1.46 bits per heavy atom. The lowest BCUT2D eigenvalue weighted by Crippen LogP contribution is -2.51. The lowest BCUT2D eigenvalue weighted by atomic mass is 9.86. The minimum atomic E-state index is -0.0428. The molecular weight excluding hydrogens is 166 g/mol. The van der Waals surface area contributed by atoms with E-state index in [-0.39, 0.29) is 12.1 Å². The maximum absolute atomic E-state index is 11.1. The Labute approximate surface area is 79.0 Å². The fraction of sp³-hybridized carbons (Fsp3) is 0.900. The molecule has 3 aliphatic heterocycles. The summed E-state index contributed by atoms with van der Waals surface area (Å²) in [5.41, 5.74) is 0. The van der Waals surface area contributed by atoms with Crippen LogP contribution in [0.4, 0.5) is 0 Å². The van der Waals surface area contributed by atoms with E-state index in [1.807, 2.05) is 6.92 Å². The van der Waals surface area contributed by atoms with Crippen molar-refractivity contribution in [2.45, 2.75) is 32.3 Å². The van der Waals surface area contributed by atoms with Crippen molar-refractivity contribution in [2.75, 3.05) is 19.6 Å². The van der Waals surface area contributed by atoms with Crippen molar-refractivity contribution in [3.05, 3.63) is 0 Å². The number of carbonyl (C=O) groups is 1. The number of fused-ring (bicyclic) bond motifs is 3. The molecule has 0 N–H and O–H groups in total. The average molecular weight is 183 g/mol. The molecule has 0 radical (unpaired) electrons. The third kappa shape index (κ3) is 1.85. The van der Waals surface area contributed by atoms with E-state index >= 15 is 0 Å². The quantitative estimate of drug-likeness (QED) is 0.599. The summed E-state index contributed by atoms with van der Waals surface area (Å²) in [6, 6.07) is 0. The number of esters is 1. The Balaban J connectivity index is 1.90. The summed E-state index contributed by atoms with van der Waals surface area (Å²) in [5.74, 6) is 0.597. The summed E-state index contributed by atoms with van der Waals surface area (Å²) in [5, 5.41) is 0. The number of piperidine rings is 3. The van der Waals surface area contributed by atoms with Crippen molar-refractivity contribution >= 4 is 5.97 Å². The van der Waals surface area contributed by atoms with Gasteiger partial charge in [-0.2, -0.15) is 0 Å². The highest BCUT2D eigenvalue weighted by molar-refractivity contribution is 5.69. The summed E-state index contributed by atoms with van der Waals surface area (Å²) in [4.78, 5) is 13.5. The SMILES string of the molecule is CCC(=O)O[C@H]1CN2CCC1CC2. The molecule has 3 rings (SSSR count). The summed E-state index contributed by atoms with van der Waals surface area (Å²) in [6.45, 7) is 5.22. The van der Waals surface area contributed by atoms with E-state index in [1.54, 1.807) is 0 Å². The van der Waals surface area contributed by atoms with Gasteiger partial charge in [0.15, 0.2) is 0 Å². The highest BCUT2D eigenvalue weighted by atomic mass is 16.5. The van der Waals surface area contributed by atoms with Gasteiger partial charge in [0.05, 0.1) is 0 Å². The van der Waals surface area contributed by atoms with Gasteiger partial charge >= 0.3 is 5.97 Å². The second kappa shape index (κ2) is 3.66. The van der Waals surface area contributed by atoms with Crippen LogP contribution in [0.2, 0.25) is 0 Å². The van der Waals surface area contributed by atoms with Crippen LogP contribution in [0.1, 0.15) is 26.2 Å². The molecule has 13 heavy (non-hydrogen) atoms. The summed E-state index contributed by atoms with van der Waals surface area (Å²) in [6.07, 6.45) is 3.11. The predicted octanol–water partition coefficient (Wildman–Crippen LogP) is 1.03. The fourth-order valence-electron chi connectivity index (χ4n) is 2.30. The highest BCUT2D eigenvalue weighted by Crippen LogP contribution is 2.29. The Morgan fingerprint density at radius 2 is 2.15 bits per heavy atom. The van der Waals surface area contributed by atoms with Crippen LogP contribution < -0.4 is 0 Å². The Kier molecular flexibility index (Phi) is 2.54. The van der Waals surface area contributed by atoms with Gasteiger partial charge in [-0.1, -0.05) is 6.92 Å². The first-order valence-corrected chi connectivity index (χ1v) is 5.21. The van der Waals surface area contributed by atoms with Crippen LogP contribution in [-0.2, 0) is 9.53 Å². The van der Waals surface area contributed by atoms with Crippen molar-refractivity contribution in [1.29, 1.82) is 0 Å². The van der Waals surface area contributed by atoms with E-state index in [4.69, 9.17) is 4.74 Å². The highest BCUT2D eigenvalue weighted by Gasteiger charge is 2.36. The summed E-state index contributed by atoms with van der Waals surface area (Å²) < 4.78 is 5.39. The number of hydrogen-bond acceptors (Lipinski definition) is 3. The summed E-state index contributed by atoms with van der Waals surface area (Å²) >= 11 is 0. The van der Waals surface area contributed by atoms with Gasteiger partial charge in [0.1, 0.15) is 6.10 Å². The zero-order valence-electron chi connectivity index (χ0n) is 8.16. The van der Waals surface area contributed by atoms with Crippen LogP contribution in [-0.4, -0.2) is 36.6 Å². The molecule has 2 bridgehead atoms. The van der Waals surface area contributed by atoms with Crippen molar-refractivity contribution in [1.82, 2.24) is 4.90 Å². The van der Waals surface area contributed by atoms with Gasteiger partial charge in [-0.25, -0.2) is 0 Å². The maximum atomic E-state index is 11.1. The van der Waals surface area contributed by atoms with Gasteiger partial charge in [0.25, 0.3) is 0 Å². The van der Waals surface area contributed by atoms with Crippen molar-refractivity contribution in [3.8, 4) is 0 Å². The summed E-state index contributed by atoms with van der Waals surface area (Å²) in [7, 11) is 0. The van der Waals surface area contributed by atoms with Gasteiger partial charge in [-0.3, -0.25) is 9.69 Å². The van der Waals surface area contributed by atoms with Gasteiger partial charge in [0.2, 0.25) is 0 Å². The molecule has 0 aliphatic carbocycles. The normalized spacial score (nSPS) is 37.5. The molecule has 3 heterocycles. The van der Waals surface area contributed by atoms with E-state index in [0.717, 1.165) is 6.54 Å². The molecule has 0 amide bonds. The predicted molar refractivity (Wildman–Crippen MR) is 49.3 cm³/mol. The Hall–Kier alpha value is -0.570. The van der Waals surface area contributed by atoms with E-state index in [1.165, 1.54) is 25.9 Å². The number of ether oxygens (including phenoxy) is 1. The van der Waals surface area contributed by atoms with Crippen LogP contribution in [0.15, 0.2) is 0 Å². The van der Waals surface area contributed by atoms with Crippen molar-refractivity contribution in [2.24, 2.45) is 5.92 Å². The molecule has 3 heteroatoms. The second-order valence-electron chi connectivity index (χ2n) is 4.02. The molecule has 0 spiro atoms. The Morgan fingerprint density at radius 3 is 2.62 bits per heavy atom. The van der Waals surface area contributed by atoms with Crippen LogP contribution >= 0.6 is 0 Å². The molecule has 0 unspecified atom stereocenters. The van der Waals surface area contributed by atoms with Gasteiger partial charge in [-0.15, -0.1) is 0 Å². The first-order valence-electron chi connectivity index (χ1n) is 5.21. The van der Waals surface area contributed by atoms with Crippen LogP contribution in [0.5, 0.6) is 0 Å². The number of nitrogens with zero attached hydrogens (tertiary/aromatic N) is 1. The zero-order chi connectivity index (χ0) is 9.26. The first kappa shape index (κ1) is 9.00. The zero-order valence-corrected chi connectivity index (χ0v) is 8.16. The molecular formula is C10H17NO2. The molecule has 3 nitrogen and oxygen atoms in total. The van der Waals surface area contributed by atoms with Gasteiger partial charge in [0, 0.05) is 13.0 Å². The van der Waals surface area contributed by atoms with E-state index in [9.17, 15) is 4.79 Å². The molecule has 1 atom stereocenters. The standard InChI is InChI=1S/C10H17NO2/c1-2-10(12)13-9-7-11-5-3-8(9)4-6-11/h8-9H,2-7H2,1H3/t9-/m0/s1. The monoisotopic (exact) mass is 183 g/mol. The topological polar surface area (TPSA) is 29.5 Å². The van der Waals surface area contributed by atoms with E-state index in [2.05, 4.69) is 4.90 Å². The number of rotatable bonds is 2. The third-order valence-electron chi connectivity index (χ3n) is 3.17. The third-order valence-corrected chi connectivity index (χ3v) is 3.17. The van der Waals surface area contributed by atoms with Gasteiger partial charge in [-0.05, 0) is 31.8 Å². The minimum Gasteiger partial charge on any atom is -0.461 e. The lowest BCUT2D eigenvalue weighted by molar-refractivity contribution is -0.158. The molecule has 0 aromatic rings. The van der Waals surface area contributed by atoms with Crippen molar-refractivity contribution < 1.29 is 9.53 Å². The largest absolute Gasteiger partial charge is 0.461 e. The smallest absolute Gasteiger partial charge is 0.305 e. The molecule has 0 aromatic carbocycles. The van der Waals surface area contributed by atoms with Crippen LogP contribution in [0, 0.1) is 5.92 Å². The molecule has 3 aliphatic rings. The maximum Gasteiger partial charge on any atom is 0.305 e. The van der Waals surface area contributed by atoms with E-state index < -0.39 is 0 Å². The molecule has 3 fully saturated rings. The Bertz CT molecular complexity index is 197. The second-order valence-corrected chi connectivity index (χ2v) is 4.02. The van der Waals surface area contributed by atoms with Gasteiger partial charge < -0.3 is 4.74 Å². The average Bonchev–Trinajstić information content (AvgIpc) is 2.19. The molecule has 3 saturated heterocycles. The van der Waals surface area contributed by atoms with Crippen LogP contribution in [0.25, 0.3) is 0 Å². The minimum absolute atomic E-state index is 0.0428. The lowest BCUT2D eigenvalue weighted by Gasteiger charge is -2.43. The first-order chi connectivity index (χ1) is 6.29. The van der Waals surface area contributed by atoms with Crippen molar-refractivity contribution in [3.63, 3.8) is 0 Å². The fourth-order valence-corrected chi connectivity index (χ4v) is 2.30. The van der Waals surface area contributed by atoms with Crippen LogP contribution in [0.3, 0.4) is 0 Å². The number of hydrogen-bond donors (Lipinski definition) is 0.